The summed E-state index contributed by atoms with van der Waals surface area (Å²) >= 11 is 6.38. The van der Waals surface area contributed by atoms with E-state index >= 15 is 8.78 Å². The van der Waals surface area contributed by atoms with Gasteiger partial charge in [0.05, 0.1) is 23.0 Å². The number of pyridine rings is 1. The van der Waals surface area contributed by atoms with Gasteiger partial charge in [-0.2, -0.15) is 5.10 Å². The van der Waals surface area contributed by atoms with Crippen molar-refractivity contribution in [1.29, 1.82) is 0 Å². The van der Waals surface area contributed by atoms with E-state index in [0.717, 1.165) is 0 Å². The van der Waals surface area contributed by atoms with Gasteiger partial charge in [0.25, 0.3) is 5.91 Å². The minimum atomic E-state index is -2.32. The number of hydrogen-bond donors (Lipinski definition) is 2. The van der Waals surface area contributed by atoms with Crippen LogP contribution in [0.2, 0.25) is 5.15 Å². The van der Waals surface area contributed by atoms with Crippen molar-refractivity contribution in [3.05, 3.63) is 106 Å². The average molecular weight is 537 g/mol. The van der Waals surface area contributed by atoms with Crippen molar-refractivity contribution >= 4 is 34.4 Å². The summed E-state index contributed by atoms with van der Waals surface area (Å²) in [4.78, 5) is 21.8. The summed E-state index contributed by atoms with van der Waals surface area (Å²) in [5.74, 6) is -2.09. The molecule has 0 saturated carbocycles. The van der Waals surface area contributed by atoms with Gasteiger partial charge in [0.1, 0.15) is 16.8 Å². The summed E-state index contributed by atoms with van der Waals surface area (Å²) in [5.41, 5.74) is -1.70. The zero-order valence-corrected chi connectivity index (χ0v) is 21.2. The van der Waals surface area contributed by atoms with Crippen LogP contribution in [0.15, 0.2) is 67.0 Å². The highest BCUT2D eigenvalue weighted by Crippen LogP contribution is 2.40. The van der Waals surface area contributed by atoms with Crippen LogP contribution in [0, 0.1) is 11.6 Å². The Morgan fingerprint density at radius 2 is 1.66 bits per heavy atom. The van der Waals surface area contributed by atoms with Crippen LogP contribution in [0.3, 0.4) is 0 Å². The second-order valence-electron chi connectivity index (χ2n) is 8.56. The highest BCUT2D eigenvalue weighted by atomic mass is 35.5. The maximum atomic E-state index is 15.1. The number of carbonyl (C=O) groups is 1. The molecule has 194 valence electrons. The third-order valence-corrected chi connectivity index (χ3v) is 6.61. The summed E-state index contributed by atoms with van der Waals surface area (Å²) in [6.07, 6.45) is 3.19. The van der Waals surface area contributed by atoms with E-state index in [1.165, 1.54) is 48.7 Å². The number of imidazole rings is 1. The number of carbonyl (C=O) groups excluding carboxylic acids is 1. The van der Waals surface area contributed by atoms with Gasteiger partial charge in [0.2, 0.25) is 0 Å². The SMILES string of the molecule is CCn1cc(NC(=O)c2cc3c(nc2Cl)nc(C(O)(c2ccccc2F)c2ccccc2F)n3CC)cn1. The number of hydrogen-bond acceptors (Lipinski definition) is 5. The van der Waals surface area contributed by atoms with Crippen LogP contribution in [0.1, 0.15) is 41.2 Å². The van der Waals surface area contributed by atoms with E-state index in [4.69, 9.17) is 11.6 Å². The number of aliphatic hydroxyl groups is 1. The third kappa shape index (κ3) is 4.21. The van der Waals surface area contributed by atoms with Crippen LogP contribution in [0.4, 0.5) is 14.5 Å². The van der Waals surface area contributed by atoms with Gasteiger partial charge < -0.3 is 15.0 Å². The molecule has 0 aliphatic carbocycles. The molecule has 3 aromatic heterocycles. The third-order valence-electron chi connectivity index (χ3n) is 6.32. The average Bonchev–Trinajstić information content (AvgIpc) is 3.52. The number of benzene rings is 2. The predicted molar refractivity (Wildman–Crippen MR) is 139 cm³/mol. The molecule has 0 unspecified atom stereocenters. The molecule has 0 radical (unpaired) electrons. The first-order valence-electron chi connectivity index (χ1n) is 11.9. The van der Waals surface area contributed by atoms with Gasteiger partial charge in [-0.05, 0) is 32.0 Å². The Kier molecular flexibility index (Phi) is 6.68. The molecule has 2 N–H and O–H groups in total. The molecule has 5 aromatic rings. The van der Waals surface area contributed by atoms with Crippen molar-refractivity contribution in [2.75, 3.05) is 5.32 Å². The normalized spacial score (nSPS) is 11.7. The van der Waals surface area contributed by atoms with Crippen molar-refractivity contribution in [3.8, 4) is 0 Å². The van der Waals surface area contributed by atoms with Crippen LogP contribution < -0.4 is 5.32 Å². The van der Waals surface area contributed by atoms with Gasteiger partial charge in [-0.15, -0.1) is 0 Å². The zero-order chi connectivity index (χ0) is 27.0. The summed E-state index contributed by atoms with van der Waals surface area (Å²) in [6, 6.07) is 12.6. The molecule has 11 heteroatoms. The number of rotatable bonds is 7. The van der Waals surface area contributed by atoms with E-state index in [-0.39, 0.29) is 39.9 Å². The number of anilines is 1. The first-order valence-corrected chi connectivity index (χ1v) is 12.3. The highest BCUT2D eigenvalue weighted by molar-refractivity contribution is 6.33. The molecule has 3 heterocycles. The van der Waals surface area contributed by atoms with Gasteiger partial charge >= 0.3 is 0 Å². The Morgan fingerprint density at radius 3 is 2.21 bits per heavy atom. The molecule has 0 spiro atoms. The fraction of sp³-hybridized carbons (Fsp3) is 0.185. The van der Waals surface area contributed by atoms with Gasteiger partial charge in [-0.1, -0.05) is 48.0 Å². The quantitative estimate of drug-likeness (QED) is 0.281. The molecule has 2 aromatic carbocycles. The Balaban J connectivity index is 1.70. The number of halogens is 3. The van der Waals surface area contributed by atoms with E-state index in [0.29, 0.717) is 17.7 Å². The maximum absolute atomic E-state index is 15.1. The van der Waals surface area contributed by atoms with Crippen molar-refractivity contribution < 1.29 is 18.7 Å². The molecule has 0 aliphatic heterocycles. The monoisotopic (exact) mass is 536 g/mol. The maximum Gasteiger partial charge on any atom is 0.258 e. The Bertz CT molecular complexity index is 1620. The van der Waals surface area contributed by atoms with Crippen LogP contribution in [-0.2, 0) is 18.7 Å². The lowest BCUT2D eigenvalue weighted by molar-refractivity contribution is 0.102. The fourth-order valence-corrected chi connectivity index (χ4v) is 4.70. The molecule has 0 aliphatic rings. The van der Waals surface area contributed by atoms with Crippen molar-refractivity contribution in [2.24, 2.45) is 0 Å². The summed E-state index contributed by atoms with van der Waals surface area (Å²) in [5, 5.41) is 18.9. The lowest BCUT2D eigenvalue weighted by Gasteiger charge is -2.30. The second kappa shape index (κ2) is 9.96. The largest absolute Gasteiger partial charge is 0.373 e. The Labute approximate surface area is 221 Å². The summed E-state index contributed by atoms with van der Waals surface area (Å²) in [7, 11) is 0. The van der Waals surface area contributed by atoms with Crippen LogP contribution in [-0.4, -0.2) is 35.3 Å². The van der Waals surface area contributed by atoms with Gasteiger partial charge in [0.15, 0.2) is 17.1 Å². The lowest BCUT2D eigenvalue weighted by Crippen LogP contribution is -2.34. The summed E-state index contributed by atoms with van der Waals surface area (Å²) in [6.45, 7) is 4.57. The molecular formula is C27H23ClF2N6O2. The van der Waals surface area contributed by atoms with Crippen LogP contribution in [0.5, 0.6) is 0 Å². The molecule has 0 saturated heterocycles. The molecule has 0 bridgehead atoms. The molecular weight excluding hydrogens is 514 g/mol. The number of aryl methyl sites for hydroxylation is 2. The lowest BCUT2D eigenvalue weighted by atomic mass is 9.84. The second-order valence-corrected chi connectivity index (χ2v) is 8.92. The first-order chi connectivity index (χ1) is 18.3. The minimum absolute atomic E-state index is 0.0601. The number of nitrogens with one attached hydrogen (secondary N) is 1. The van der Waals surface area contributed by atoms with E-state index in [1.807, 2.05) is 6.92 Å². The van der Waals surface area contributed by atoms with E-state index in [1.54, 1.807) is 34.5 Å². The minimum Gasteiger partial charge on any atom is -0.373 e. The highest BCUT2D eigenvalue weighted by Gasteiger charge is 2.43. The predicted octanol–water partition coefficient (Wildman–Crippen LogP) is 5.14. The Morgan fingerprint density at radius 1 is 1.03 bits per heavy atom. The first kappa shape index (κ1) is 25.5. The van der Waals surface area contributed by atoms with E-state index in [2.05, 4.69) is 20.4 Å². The molecule has 1 amide bonds. The van der Waals surface area contributed by atoms with Gasteiger partial charge in [-0.25, -0.2) is 18.7 Å². The fourth-order valence-electron chi connectivity index (χ4n) is 4.48. The van der Waals surface area contributed by atoms with Gasteiger partial charge in [-0.3, -0.25) is 9.48 Å². The number of amides is 1. The van der Waals surface area contributed by atoms with Crippen molar-refractivity contribution in [1.82, 2.24) is 24.3 Å². The molecule has 5 rings (SSSR count). The number of fused-ring (bicyclic) bond motifs is 1. The summed E-state index contributed by atoms with van der Waals surface area (Å²) < 4.78 is 33.5. The zero-order valence-electron chi connectivity index (χ0n) is 20.5. The smallest absolute Gasteiger partial charge is 0.258 e. The molecule has 8 nitrogen and oxygen atoms in total. The van der Waals surface area contributed by atoms with Crippen LogP contribution in [0.25, 0.3) is 11.2 Å². The van der Waals surface area contributed by atoms with E-state index < -0.39 is 23.1 Å². The van der Waals surface area contributed by atoms with Crippen LogP contribution >= 0.6 is 11.6 Å². The number of aromatic nitrogens is 5. The van der Waals surface area contributed by atoms with Crippen molar-refractivity contribution in [2.45, 2.75) is 32.5 Å². The molecule has 38 heavy (non-hydrogen) atoms. The standard InChI is InChI=1S/C27H23ClF2N6O2/c1-3-35-15-16(14-31-35)32-25(37)17-13-22-24(33-23(17)28)34-26(36(22)4-2)27(38,18-9-5-7-11-20(18)29)19-10-6-8-12-21(19)30/h5-15,38H,3-4H2,1-2H3,(H,32,37). The van der Waals surface area contributed by atoms with E-state index in [9.17, 15) is 9.90 Å². The topological polar surface area (TPSA) is 97.9 Å². The van der Waals surface area contributed by atoms with Gasteiger partial charge in [0, 0.05) is 30.4 Å². The number of nitrogens with zero attached hydrogens (tertiary/aromatic N) is 5. The van der Waals surface area contributed by atoms with Crippen molar-refractivity contribution in [3.63, 3.8) is 0 Å². The molecule has 0 fully saturated rings. The Hall–Kier alpha value is -4.15. The molecule has 0 atom stereocenters.